The molecule has 0 saturated carbocycles. The molecule has 0 spiro atoms. The van der Waals surface area contributed by atoms with E-state index in [0.717, 1.165) is 17.8 Å². The molecule has 0 fully saturated rings. The number of carbonyl (C=O) groups is 1. The first-order valence-corrected chi connectivity index (χ1v) is 9.31. The summed E-state index contributed by atoms with van der Waals surface area (Å²) < 4.78 is 5.39. The molecule has 2 aromatic heterocycles. The predicted octanol–water partition coefficient (Wildman–Crippen LogP) is 3.30. The third kappa shape index (κ3) is 4.17. The molecule has 6 nitrogen and oxygen atoms in total. The van der Waals surface area contributed by atoms with Crippen molar-refractivity contribution in [2.45, 2.75) is 33.1 Å². The van der Waals surface area contributed by atoms with Crippen LogP contribution in [-0.2, 0) is 6.42 Å². The summed E-state index contributed by atoms with van der Waals surface area (Å²) in [6, 6.07) is 12.0. The maximum Gasteiger partial charge on any atom is 0.259 e. The number of amides is 1. The fourth-order valence-corrected chi connectivity index (χ4v) is 3.21. The Morgan fingerprint density at radius 2 is 1.96 bits per heavy atom. The SMILES string of the molecule is Cc1cc(C(=O)N(CCN)CCc2ccccc2)c2c(C(C)C)noc2n1. The van der Waals surface area contributed by atoms with Crippen molar-refractivity contribution in [1.29, 1.82) is 0 Å². The van der Waals surface area contributed by atoms with Crippen LogP contribution < -0.4 is 5.73 Å². The molecule has 0 saturated heterocycles. The third-order valence-electron chi connectivity index (χ3n) is 4.58. The van der Waals surface area contributed by atoms with Crippen LogP contribution in [0.3, 0.4) is 0 Å². The molecule has 2 heterocycles. The van der Waals surface area contributed by atoms with Crippen LogP contribution in [0.5, 0.6) is 0 Å². The van der Waals surface area contributed by atoms with Crippen LogP contribution in [-0.4, -0.2) is 40.6 Å². The Balaban J connectivity index is 1.94. The topological polar surface area (TPSA) is 85.2 Å². The Hall–Kier alpha value is -2.73. The summed E-state index contributed by atoms with van der Waals surface area (Å²) in [5.74, 6) is 0.0755. The molecule has 2 N–H and O–H groups in total. The van der Waals surface area contributed by atoms with Crippen LogP contribution in [0.1, 0.15) is 47.1 Å². The van der Waals surface area contributed by atoms with Gasteiger partial charge in [0.05, 0.1) is 16.6 Å². The Bertz CT molecular complexity index is 919. The summed E-state index contributed by atoms with van der Waals surface area (Å²) in [5.41, 5.74) is 9.46. The number of aromatic nitrogens is 2. The van der Waals surface area contributed by atoms with E-state index in [-0.39, 0.29) is 11.8 Å². The van der Waals surface area contributed by atoms with Gasteiger partial charge in [-0.1, -0.05) is 49.3 Å². The fraction of sp³-hybridized carbons (Fsp3) is 0.381. The minimum Gasteiger partial charge on any atom is -0.337 e. The number of hydrogen-bond acceptors (Lipinski definition) is 5. The van der Waals surface area contributed by atoms with Crippen molar-refractivity contribution in [2.24, 2.45) is 5.73 Å². The van der Waals surface area contributed by atoms with Gasteiger partial charge in [-0.25, -0.2) is 4.98 Å². The number of fused-ring (bicyclic) bond motifs is 1. The number of pyridine rings is 1. The van der Waals surface area contributed by atoms with Crippen molar-refractivity contribution >= 4 is 17.0 Å². The molecule has 0 bridgehead atoms. The van der Waals surface area contributed by atoms with Gasteiger partial charge in [-0.15, -0.1) is 0 Å². The lowest BCUT2D eigenvalue weighted by Gasteiger charge is -2.23. The molecule has 0 unspecified atom stereocenters. The first-order chi connectivity index (χ1) is 13.0. The first-order valence-electron chi connectivity index (χ1n) is 9.31. The average Bonchev–Trinajstić information content (AvgIpc) is 3.08. The number of benzene rings is 1. The van der Waals surface area contributed by atoms with Gasteiger partial charge in [-0.2, -0.15) is 0 Å². The summed E-state index contributed by atoms with van der Waals surface area (Å²) in [5, 5.41) is 4.86. The molecule has 6 heteroatoms. The minimum absolute atomic E-state index is 0.0584. The zero-order chi connectivity index (χ0) is 19.4. The molecule has 3 aromatic rings. The lowest BCUT2D eigenvalue weighted by atomic mass is 10.0. The largest absolute Gasteiger partial charge is 0.337 e. The quantitative estimate of drug-likeness (QED) is 0.693. The fourth-order valence-electron chi connectivity index (χ4n) is 3.21. The standard InChI is InChI=1S/C21H26N4O2/c1-14(2)19-18-17(13-15(3)23-20(18)27-24-19)21(26)25(12-10-22)11-9-16-7-5-4-6-8-16/h4-8,13-14H,9-12,22H2,1-3H3. The average molecular weight is 366 g/mol. The molecule has 1 amide bonds. The second-order valence-electron chi connectivity index (χ2n) is 7.03. The number of nitrogens with zero attached hydrogens (tertiary/aromatic N) is 3. The molecule has 142 valence electrons. The highest BCUT2D eigenvalue weighted by molar-refractivity contribution is 6.06. The van der Waals surface area contributed by atoms with Crippen molar-refractivity contribution in [2.75, 3.05) is 19.6 Å². The third-order valence-corrected chi connectivity index (χ3v) is 4.58. The Morgan fingerprint density at radius 1 is 1.22 bits per heavy atom. The van der Waals surface area contributed by atoms with Crippen molar-refractivity contribution in [3.8, 4) is 0 Å². The second kappa shape index (κ2) is 8.31. The first kappa shape index (κ1) is 19.0. The van der Waals surface area contributed by atoms with E-state index in [2.05, 4.69) is 22.3 Å². The van der Waals surface area contributed by atoms with Gasteiger partial charge in [-0.3, -0.25) is 4.79 Å². The molecular formula is C21H26N4O2. The van der Waals surface area contributed by atoms with Gasteiger partial charge in [0.25, 0.3) is 11.6 Å². The van der Waals surface area contributed by atoms with Crippen LogP contribution >= 0.6 is 0 Å². The molecular weight excluding hydrogens is 340 g/mol. The van der Waals surface area contributed by atoms with Crippen molar-refractivity contribution in [3.05, 3.63) is 58.9 Å². The van der Waals surface area contributed by atoms with Crippen LogP contribution in [0.2, 0.25) is 0 Å². The number of rotatable bonds is 7. The van der Waals surface area contributed by atoms with Crippen LogP contribution in [0, 0.1) is 6.92 Å². The van der Waals surface area contributed by atoms with Gasteiger partial charge < -0.3 is 15.2 Å². The van der Waals surface area contributed by atoms with Crippen LogP contribution in [0.4, 0.5) is 0 Å². The zero-order valence-corrected chi connectivity index (χ0v) is 16.1. The number of aryl methyl sites for hydroxylation is 1. The van der Waals surface area contributed by atoms with Gasteiger partial charge in [0.15, 0.2) is 0 Å². The summed E-state index contributed by atoms with van der Waals surface area (Å²) >= 11 is 0. The predicted molar refractivity (Wildman–Crippen MR) is 106 cm³/mol. The molecule has 0 aliphatic carbocycles. The van der Waals surface area contributed by atoms with E-state index in [0.29, 0.717) is 36.3 Å². The summed E-state index contributed by atoms with van der Waals surface area (Å²) in [7, 11) is 0. The van der Waals surface area contributed by atoms with E-state index in [1.54, 1.807) is 4.90 Å². The van der Waals surface area contributed by atoms with Gasteiger partial charge in [0, 0.05) is 25.3 Å². The highest BCUT2D eigenvalue weighted by atomic mass is 16.5. The van der Waals surface area contributed by atoms with E-state index in [9.17, 15) is 4.79 Å². The van der Waals surface area contributed by atoms with Gasteiger partial charge in [0.1, 0.15) is 0 Å². The molecule has 0 radical (unpaired) electrons. The van der Waals surface area contributed by atoms with E-state index < -0.39 is 0 Å². The number of nitrogens with two attached hydrogens (primary N) is 1. The monoisotopic (exact) mass is 366 g/mol. The summed E-state index contributed by atoms with van der Waals surface area (Å²) in [6.07, 6.45) is 0.778. The lowest BCUT2D eigenvalue weighted by molar-refractivity contribution is 0.0764. The molecule has 3 rings (SSSR count). The van der Waals surface area contributed by atoms with Crippen molar-refractivity contribution in [3.63, 3.8) is 0 Å². The zero-order valence-electron chi connectivity index (χ0n) is 16.1. The Labute approximate surface area is 159 Å². The van der Waals surface area contributed by atoms with E-state index in [1.807, 2.05) is 45.0 Å². The summed E-state index contributed by atoms with van der Waals surface area (Å²) in [4.78, 5) is 19.6. The maximum atomic E-state index is 13.4. The highest BCUT2D eigenvalue weighted by Crippen LogP contribution is 2.28. The molecule has 1 aromatic carbocycles. The second-order valence-corrected chi connectivity index (χ2v) is 7.03. The lowest BCUT2D eigenvalue weighted by Crippen LogP contribution is -2.37. The molecule has 0 atom stereocenters. The molecule has 27 heavy (non-hydrogen) atoms. The molecule has 0 aliphatic heterocycles. The normalized spacial score (nSPS) is 11.3. The van der Waals surface area contributed by atoms with Crippen LogP contribution in [0.15, 0.2) is 40.9 Å². The van der Waals surface area contributed by atoms with E-state index in [1.165, 1.54) is 5.56 Å². The summed E-state index contributed by atoms with van der Waals surface area (Å²) in [6.45, 7) is 7.42. The number of hydrogen-bond donors (Lipinski definition) is 1. The van der Waals surface area contributed by atoms with Crippen molar-refractivity contribution < 1.29 is 9.32 Å². The highest BCUT2D eigenvalue weighted by Gasteiger charge is 2.24. The molecule has 0 aliphatic rings. The maximum absolute atomic E-state index is 13.4. The Morgan fingerprint density at radius 3 is 2.63 bits per heavy atom. The van der Waals surface area contributed by atoms with E-state index in [4.69, 9.17) is 10.3 Å². The van der Waals surface area contributed by atoms with Gasteiger partial charge in [-0.05, 0) is 30.9 Å². The van der Waals surface area contributed by atoms with Crippen molar-refractivity contribution in [1.82, 2.24) is 15.0 Å². The van der Waals surface area contributed by atoms with Crippen LogP contribution in [0.25, 0.3) is 11.1 Å². The van der Waals surface area contributed by atoms with Gasteiger partial charge >= 0.3 is 0 Å². The number of carbonyl (C=O) groups excluding carboxylic acids is 1. The minimum atomic E-state index is -0.0584. The van der Waals surface area contributed by atoms with Gasteiger partial charge in [0.2, 0.25) is 0 Å². The van der Waals surface area contributed by atoms with E-state index >= 15 is 0 Å². The Kier molecular flexibility index (Phi) is 5.86. The smallest absolute Gasteiger partial charge is 0.259 e.